The van der Waals surface area contributed by atoms with E-state index >= 15 is 0 Å². The quantitative estimate of drug-likeness (QED) is 0.767. The van der Waals surface area contributed by atoms with Crippen LogP contribution in [0.15, 0.2) is 63.7 Å². The Kier molecular flexibility index (Phi) is 3.67. The second kappa shape index (κ2) is 5.59. The van der Waals surface area contributed by atoms with E-state index in [1.165, 1.54) is 16.3 Å². The Labute approximate surface area is 120 Å². The van der Waals surface area contributed by atoms with E-state index in [0.29, 0.717) is 0 Å². The molecule has 0 radical (unpaired) electrons. The van der Waals surface area contributed by atoms with Gasteiger partial charge >= 0.3 is 0 Å². The van der Waals surface area contributed by atoms with E-state index in [9.17, 15) is 0 Å². The number of furan rings is 1. The van der Waals surface area contributed by atoms with Crippen LogP contribution in [0.25, 0.3) is 10.8 Å². The van der Waals surface area contributed by atoms with Crippen LogP contribution < -0.4 is 5.32 Å². The van der Waals surface area contributed by atoms with Gasteiger partial charge in [0, 0.05) is 6.54 Å². The van der Waals surface area contributed by atoms with Crippen molar-refractivity contribution in [1.82, 2.24) is 5.32 Å². The molecule has 3 rings (SSSR count). The average molecular weight is 316 g/mol. The molecule has 1 aromatic heterocycles. The summed E-state index contributed by atoms with van der Waals surface area (Å²) in [5, 5.41) is 5.99. The summed E-state index contributed by atoms with van der Waals surface area (Å²) in [5.74, 6) is 0.937. The number of hydrogen-bond donors (Lipinski definition) is 1. The molecule has 0 aliphatic rings. The summed E-state index contributed by atoms with van der Waals surface area (Å²) in [6.07, 6.45) is 0. The van der Waals surface area contributed by atoms with E-state index in [-0.39, 0.29) is 0 Å². The van der Waals surface area contributed by atoms with Crippen molar-refractivity contribution in [2.75, 3.05) is 0 Å². The molecule has 2 nitrogen and oxygen atoms in total. The monoisotopic (exact) mass is 315 g/mol. The fourth-order valence-electron chi connectivity index (χ4n) is 2.21. The number of rotatable bonds is 4. The van der Waals surface area contributed by atoms with Crippen molar-refractivity contribution in [2.45, 2.75) is 13.1 Å². The Bertz CT molecular complexity index is 685. The summed E-state index contributed by atoms with van der Waals surface area (Å²) in [5.41, 5.74) is 1.31. The van der Waals surface area contributed by atoms with Gasteiger partial charge in [-0.15, -0.1) is 0 Å². The van der Waals surface area contributed by atoms with Crippen LogP contribution in [0.2, 0.25) is 0 Å². The molecular weight excluding hydrogens is 302 g/mol. The fourth-order valence-corrected chi connectivity index (χ4v) is 2.55. The molecule has 3 aromatic rings. The molecule has 1 heterocycles. The highest BCUT2D eigenvalue weighted by atomic mass is 79.9. The molecule has 3 heteroatoms. The maximum absolute atomic E-state index is 5.46. The fraction of sp³-hybridized carbons (Fsp3) is 0.125. The molecule has 0 saturated carbocycles. The molecule has 0 saturated heterocycles. The van der Waals surface area contributed by atoms with E-state index in [4.69, 9.17) is 4.42 Å². The SMILES string of the molecule is Brc1ccc(CNCc2cccc3ccccc23)o1. The molecule has 0 unspecified atom stereocenters. The van der Waals surface area contributed by atoms with Crippen LogP contribution in [0.5, 0.6) is 0 Å². The lowest BCUT2D eigenvalue weighted by Gasteiger charge is -2.07. The zero-order valence-corrected chi connectivity index (χ0v) is 12.0. The van der Waals surface area contributed by atoms with Crippen LogP contribution in [0.1, 0.15) is 11.3 Å². The molecule has 0 atom stereocenters. The molecule has 0 aliphatic carbocycles. The number of halogens is 1. The first kappa shape index (κ1) is 12.5. The van der Waals surface area contributed by atoms with Gasteiger partial charge in [0.25, 0.3) is 0 Å². The number of nitrogens with one attached hydrogen (secondary N) is 1. The van der Waals surface area contributed by atoms with Crippen molar-refractivity contribution >= 4 is 26.7 Å². The topological polar surface area (TPSA) is 25.2 Å². The lowest BCUT2D eigenvalue weighted by molar-refractivity contribution is 0.465. The molecule has 0 fully saturated rings. The standard InChI is InChI=1S/C16H14BrNO/c17-16-9-8-14(19-16)11-18-10-13-6-3-5-12-4-1-2-7-15(12)13/h1-9,18H,10-11H2. The third-order valence-electron chi connectivity index (χ3n) is 3.12. The predicted octanol–water partition coefficient (Wildman–Crippen LogP) is 4.49. The smallest absolute Gasteiger partial charge is 0.169 e. The van der Waals surface area contributed by atoms with Crippen LogP contribution in [-0.2, 0) is 13.1 Å². The summed E-state index contributed by atoms with van der Waals surface area (Å²) in [4.78, 5) is 0. The molecule has 0 amide bonds. The van der Waals surface area contributed by atoms with Crippen LogP contribution in [0.3, 0.4) is 0 Å². The van der Waals surface area contributed by atoms with Crippen LogP contribution in [0, 0.1) is 0 Å². The second-order valence-corrected chi connectivity index (χ2v) is 5.23. The number of hydrogen-bond acceptors (Lipinski definition) is 2. The number of benzene rings is 2. The van der Waals surface area contributed by atoms with Gasteiger partial charge in [0.05, 0.1) is 6.54 Å². The summed E-state index contributed by atoms with van der Waals surface area (Å²) >= 11 is 3.31. The first-order chi connectivity index (χ1) is 9.33. The van der Waals surface area contributed by atoms with Crippen LogP contribution in [0.4, 0.5) is 0 Å². The Morgan fingerprint density at radius 1 is 0.895 bits per heavy atom. The summed E-state index contributed by atoms with van der Waals surface area (Å²) in [6.45, 7) is 1.56. The maximum Gasteiger partial charge on any atom is 0.169 e. The van der Waals surface area contributed by atoms with Crippen molar-refractivity contribution in [1.29, 1.82) is 0 Å². The van der Waals surface area contributed by atoms with E-state index in [0.717, 1.165) is 23.5 Å². The molecule has 0 aliphatic heterocycles. The second-order valence-electron chi connectivity index (χ2n) is 4.45. The van der Waals surface area contributed by atoms with Crippen LogP contribution >= 0.6 is 15.9 Å². The predicted molar refractivity (Wildman–Crippen MR) is 80.9 cm³/mol. The van der Waals surface area contributed by atoms with Gasteiger partial charge in [-0.2, -0.15) is 0 Å². The minimum atomic E-state index is 0.731. The molecule has 2 aromatic carbocycles. The van der Waals surface area contributed by atoms with Gasteiger partial charge in [-0.05, 0) is 44.4 Å². The normalized spacial score (nSPS) is 11.0. The Hall–Kier alpha value is -1.58. The molecule has 1 N–H and O–H groups in total. The van der Waals surface area contributed by atoms with E-state index < -0.39 is 0 Å². The first-order valence-electron chi connectivity index (χ1n) is 6.24. The third kappa shape index (κ3) is 2.88. The van der Waals surface area contributed by atoms with Gasteiger partial charge in [-0.3, -0.25) is 0 Å². The van der Waals surface area contributed by atoms with Gasteiger partial charge < -0.3 is 9.73 Å². The number of fused-ring (bicyclic) bond motifs is 1. The molecule has 96 valence electrons. The lowest BCUT2D eigenvalue weighted by atomic mass is 10.0. The highest BCUT2D eigenvalue weighted by Crippen LogP contribution is 2.18. The van der Waals surface area contributed by atoms with Gasteiger partial charge in [-0.25, -0.2) is 0 Å². The Morgan fingerprint density at radius 3 is 2.58 bits per heavy atom. The molecular formula is C16H14BrNO. The highest BCUT2D eigenvalue weighted by molar-refractivity contribution is 9.10. The lowest BCUT2D eigenvalue weighted by Crippen LogP contribution is -2.12. The zero-order chi connectivity index (χ0) is 13.1. The van der Waals surface area contributed by atoms with Crippen molar-refractivity contribution in [3.8, 4) is 0 Å². The Morgan fingerprint density at radius 2 is 1.74 bits per heavy atom. The summed E-state index contributed by atoms with van der Waals surface area (Å²) in [7, 11) is 0. The van der Waals surface area contributed by atoms with Crippen molar-refractivity contribution in [2.24, 2.45) is 0 Å². The minimum Gasteiger partial charge on any atom is -0.453 e. The van der Waals surface area contributed by atoms with E-state index in [2.05, 4.69) is 63.7 Å². The van der Waals surface area contributed by atoms with E-state index in [1.807, 2.05) is 12.1 Å². The molecule has 19 heavy (non-hydrogen) atoms. The first-order valence-corrected chi connectivity index (χ1v) is 7.04. The van der Waals surface area contributed by atoms with Crippen molar-refractivity contribution in [3.05, 3.63) is 70.6 Å². The third-order valence-corrected chi connectivity index (χ3v) is 3.55. The minimum absolute atomic E-state index is 0.731. The van der Waals surface area contributed by atoms with Crippen molar-refractivity contribution in [3.63, 3.8) is 0 Å². The zero-order valence-electron chi connectivity index (χ0n) is 10.4. The van der Waals surface area contributed by atoms with Gasteiger partial charge in [0.15, 0.2) is 4.67 Å². The summed E-state index contributed by atoms with van der Waals surface area (Å²) < 4.78 is 6.24. The van der Waals surface area contributed by atoms with Crippen molar-refractivity contribution < 1.29 is 4.42 Å². The molecule has 0 spiro atoms. The summed E-state index contributed by atoms with van der Waals surface area (Å²) in [6, 6.07) is 18.7. The average Bonchev–Trinajstić information content (AvgIpc) is 2.85. The van der Waals surface area contributed by atoms with Gasteiger partial charge in [-0.1, -0.05) is 42.5 Å². The Balaban J connectivity index is 1.71. The van der Waals surface area contributed by atoms with Gasteiger partial charge in [0.2, 0.25) is 0 Å². The van der Waals surface area contributed by atoms with Crippen LogP contribution in [-0.4, -0.2) is 0 Å². The highest BCUT2D eigenvalue weighted by Gasteiger charge is 2.02. The van der Waals surface area contributed by atoms with Gasteiger partial charge in [0.1, 0.15) is 5.76 Å². The largest absolute Gasteiger partial charge is 0.453 e. The molecule has 0 bridgehead atoms. The maximum atomic E-state index is 5.46. The van der Waals surface area contributed by atoms with E-state index in [1.54, 1.807) is 0 Å².